The lowest BCUT2D eigenvalue weighted by Gasteiger charge is -2.66. The monoisotopic (exact) mass is 491 g/mol. The second-order valence-electron chi connectivity index (χ2n) is 11.5. The van der Waals surface area contributed by atoms with E-state index in [4.69, 9.17) is 4.18 Å². The van der Waals surface area contributed by atoms with Crippen LogP contribution in [0.5, 0.6) is 0 Å². The van der Waals surface area contributed by atoms with Crippen LogP contribution >= 0.6 is 0 Å². The van der Waals surface area contributed by atoms with E-state index in [1.807, 2.05) is 6.92 Å². The Balaban J connectivity index is 1.80. The molecule has 0 aliphatic heterocycles. The molecule has 6 nitrogen and oxygen atoms in total. The average Bonchev–Trinajstić information content (AvgIpc) is 2.93. The van der Waals surface area contributed by atoms with Gasteiger partial charge in [0.05, 0.1) is 4.92 Å². The van der Waals surface area contributed by atoms with Crippen LogP contribution in [-0.4, -0.2) is 18.8 Å². The second-order valence-corrected chi connectivity index (χ2v) is 13.1. The van der Waals surface area contributed by atoms with Crippen molar-refractivity contribution in [3.8, 4) is 0 Å². The lowest BCUT2D eigenvalue weighted by atomic mass is 9.37. The molecule has 0 N–H and O–H groups in total. The first-order valence-electron chi connectivity index (χ1n) is 11.5. The van der Waals surface area contributed by atoms with Crippen molar-refractivity contribution < 1.29 is 30.7 Å². The highest BCUT2D eigenvalue weighted by Crippen LogP contribution is 2.76. The number of nitrogens with zero attached hydrogens (tertiary/aromatic N) is 1. The molecule has 0 saturated heterocycles. The molecule has 0 amide bonds. The van der Waals surface area contributed by atoms with E-state index in [2.05, 4.69) is 20.8 Å². The molecular weight excluding hydrogens is 459 g/mol. The fourth-order valence-corrected chi connectivity index (χ4v) is 8.27. The fourth-order valence-electron chi connectivity index (χ4n) is 7.69. The summed E-state index contributed by atoms with van der Waals surface area (Å²) < 4.78 is 67.4. The number of hydrogen-bond donors (Lipinski definition) is 0. The number of allylic oxidation sites excluding steroid dienone is 4. The SMILES string of the molecule is C[C@H]1CC[C@@]2(C)C(=C([N+](=O)[O-])C[C@@H]3[C@]2(C)CC[C@]2(C)C(OS(=O)(=O)C(F)(F)F)=CC[C@@]32C)C1. The zero-order valence-electron chi connectivity index (χ0n) is 19.7. The van der Waals surface area contributed by atoms with E-state index in [9.17, 15) is 31.7 Å². The Hall–Kier alpha value is -1.58. The molecule has 0 aromatic rings. The van der Waals surface area contributed by atoms with Crippen molar-refractivity contribution in [2.75, 3.05) is 0 Å². The summed E-state index contributed by atoms with van der Waals surface area (Å²) in [6, 6.07) is 0. The molecule has 0 radical (unpaired) electrons. The van der Waals surface area contributed by atoms with E-state index in [-0.39, 0.29) is 39.5 Å². The minimum absolute atomic E-state index is 0.177. The van der Waals surface area contributed by atoms with Crippen LogP contribution in [-0.2, 0) is 14.3 Å². The Bertz CT molecular complexity index is 1070. The minimum Gasteiger partial charge on any atom is -0.380 e. The summed E-state index contributed by atoms with van der Waals surface area (Å²) >= 11 is 0. The van der Waals surface area contributed by atoms with E-state index in [1.54, 1.807) is 6.92 Å². The van der Waals surface area contributed by atoms with Crippen molar-refractivity contribution in [2.24, 2.45) is 33.5 Å². The smallest absolute Gasteiger partial charge is 0.380 e. The highest BCUT2D eigenvalue weighted by molar-refractivity contribution is 7.87. The van der Waals surface area contributed by atoms with Crippen LogP contribution in [0.2, 0.25) is 0 Å². The summed E-state index contributed by atoms with van der Waals surface area (Å²) in [5.41, 5.74) is -6.64. The maximum Gasteiger partial charge on any atom is 0.534 e. The molecule has 0 aromatic carbocycles. The third kappa shape index (κ3) is 3.07. The molecule has 10 heteroatoms. The summed E-state index contributed by atoms with van der Waals surface area (Å²) in [7, 11) is -5.79. The van der Waals surface area contributed by atoms with Gasteiger partial charge >= 0.3 is 15.6 Å². The molecule has 2 saturated carbocycles. The van der Waals surface area contributed by atoms with Gasteiger partial charge in [-0.3, -0.25) is 10.1 Å². The summed E-state index contributed by atoms with van der Waals surface area (Å²) in [4.78, 5) is 11.9. The van der Waals surface area contributed by atoms with E-state index in [0.717, 1.165) is 18.4 Å². The van der Waals surface area contributed by atoms with Crippen LogP contribution in [0.25, 0.3) is 0 Å². The number of rotatable bonds is 3. The molecule has 4 aliphatic carbocycles. The average molecular weight is 492 g/mol. The fraction of sp³-hybridized carbons (Fsp3) is 0.826. The van der Waals surface area contributed by atoms with E-state index < -0.39 is 26.5 Å². The summed E-state index contributed by atoms with van der Waals surface area (Å²) in [5.74, 6) is -0.00480. The van der Waals surface area contributed by atoms with Crippen molar-refractivity contribution in [1.29, 1.82) is 0 Å². The second kappa shape index (κ2) is 6.98. The predicted octanol–water partition coefficient (Wildman–Crippen LogP) is 6.33. The first kappa shape index (κ1) is 24.5. The van der Waals surface area contributed by atoms with E-state index >= 15 is 0 Å². The standard InChI is InChI=1S/C23H32F3NO5S/c1-14-6-8-19(2)15(12-14)16(27(28)29)13-17-20(3)9-7-18(32-33(30,31)23(24,25)26)22(20,5)11-10-21(17,19)4/h7,14,17H,6,8-13H2,1-5H3/t14-,17-,19-,20-,21-,22+/m0/s1. The summed E-state index contributed by atoms with van der Waals surface area (Å²) in [6.45, 7) is 10.1. The molecule has 0 heterocycles. The lowest BCUT2D eigenvalue weighted by molar-refractivity contribution is -0.436. The quantitative estimate of drug-likeness (QED) is 0.199. The number of hydrogen-bond acceptors (Lipinski definition) is 5. The topological polar surface area (TPSA) is 86.5 Å². The number of halogens is 3. The number of fused-ring (bicyclic) bond motifs is 5. The number of alkyl halides is 3. The molecule has 4 rings (SSSR count). The van der Waals surface area contributed by atoms with Gasteiger partial charge in [0.1, 0.15) is 5.76 Å². The number of nitro groups is 1. The molecule has 2 fully saturated rings. The first-order valence-corrected chi connectivity index (χ1v) is 12.9. The zero-order chi connectivity index (χ0) is 24.8. The predicted molar refractivity (Wildman–Crippen MR) is 116 cm³/mol. The van der Waals surface area contributed by atoms with Crippen molar-refractivity contribution >= 4 is 10.1 Å². The Morgan fingerprint density at radius 3 is 2.27 bits per heavy atom. The minimum atomic E-state index is -5.79. The van der Waals surface area contributed by atoms with Gasteiger partial charge in [0.15, 0.2) is 0 Å². The summed E-state index contributed by atoms with van der Waals surface area (Å²) in [6.07, 6.45) is 5.61. The van der Waals surface area contributed by atoms with Gasteiger partial charge in [-0.1, -0.05) is 34.6 Å². The maximum absolute atomic E-state index is 13.0. The van der Waals surface area contributed by atoms with Gasteiger partial charge < -0.3 is 4.18 Å². The van der Waals surface area contributed by atoms with Crippen LogP contribution in [0.15, 0.2) is 23.1 Å². The maximum atomic E-state index is 13.0. The van der Waals surface area contributed by atoms with Gasteiger partial charge in [-0.05, 0) is 67.3 Å². The third-order valence-corrected chi connectivity index (χ3v) is 11.2. The molecule has 0 unspecified atom stereocenters. The Morgan fingerprint density at radius 1 is 1.06 bits per heavy atom. The van der Waals surface area contributed by atoms with E-state index in [1.165, 1.54) is 6.08 Å². The molecule has 4 aliphatic rings. The van der Waals surface area contributed by atoms with Crippen LogP contribution in [0, 0.1) is 43.6 Å². The van der Waals surface area contributed by atoms with Crippen LogP contribution < -0.4 is 0 Å². The van der Waals surface area contributed by atoms with Crippen molar-refractivity contribution in [3.05, 3.63) is 33.2 Å². The Labute approximate surface area is 192 Å². The molecule has 6 atom stereocenters. The van der Waals surface area contributed by atoms with E-state index in [0.29, 0.717) is 31.6 Å². The van der Waals surface area contributed by atoms with Gasteiger partial charge in [-0.15, -0.1) is 0 Å². The third-order valence-electron chi connectivity index (χ3n) is 10.3. The normalized spacial score (nSPS) is 43.3. The molecule has 0 bridgehead atoms. The zero-order valence-corrected chi connectivity index (χ0v) is 20.5. The van der Waals surface area contributed by atoms with Crippen LogP contribution in [0.3, 0.4) is 0 Å². The molecule has 0 spiro atoms. The summed E-state index contributed by atoms with van der Waals surface area (Å²) in [5, 5.41) is 12.2. The molecule has 186 valence electrons. The van der Waals surface area contributed by atoms with Gasteiger partial charge in [-0.25, -0.2) is 0 Å². The molecular formula is C23H32F3NO5S. The first-order chi connectivity index (χ1) is 14.9. The van der Waals surface area contributed by atoms with Crippen LogP contribution in [0.4, 0.5) is 13.2 Å². The van der Waals surface area contributed by atoms with Gasteiger partial charge in [0.2, 0.25) is 5.70 Å². The Morgan fingerprint density at radius 2 is 1.70 bits per heavy atom. The highest BCUT2D eigenvalue weighted by atomic mass is 32.2. The van der Waals surface area contributed by atoms with Crippen molar-refractivity contribution in [1.82, 2.24) is 0 Å². The Kier molecular flexibility index (Phi) is 5.19. The molecule has 0 aromatic heterocycles. The van der Waals surface area contributed by atoms with Crippen LogP contribution in [0.1, 0.15) is 79.6 Å². The molecule has 33 heavy (non-hydrogen) atoms. The largest absolute Gasteiger partial charge is 0.534 e. The van der Waals surface area contributed by atoms with Crippen molar-refractivity contribution in [3.63, 3.8) is 0 Å². The van der Waals surface area contributed by atoms with Crippen molar-refractivity contribution in [2.45, 2.75) is 85.1 Å². The van der Waals surface area contributed by atoms with Gasteiger partial charge in [-0.2, -0.15) is 21.6 Å². The van der Waals surface area contributed by atoms with Gasteiger partial charge in [0.25, 0.3) is 0 Å². The lowest BCUT2D eigenvalue weighted by Crippen LogP contribution is -2.61. The highest BCUT2D eigenvalue weighted by Gasteiger charge is 2.70. The van der Waals surface area contributed by atoms with Gasteiger partial charge in [0, 0.05) is 22.8 Å².